The summed E-state index contributed by atoms with van der Waals surface area (Å²) >= 11 is 0. The lowest BCUT2D eigenvalue weighted by molar-refractivity contribution is -0.0745. The zero-order valence-electron chi connectivity index (χ0n) is 10.2. The summed E-state index contributed by atoms with van der Waals surface area (Å²) < 4.78 is 5.71. The Morgan fingerprint density at radius 3 is 3.00 bits per heavy atom. The van der Waals surface area contributed by atoms with Crippen LogP contribution in [-0.2, 0) is 11.3 Å². The molecule has 2 unspecified atom stereocenters. The summed E-state index contributed by atoms with van der Waals surface area (Å²) in [6.07, 6.45) is 0.339. The Hall–Kier alpha value is -1.10. The van der Waals surface area contributed by atoms with E-state index in [1.807, 2.05) is 12.1 Å². The lowest BCUT2D eigenvalue weighted by Crippen LogP contribution is -2.48. The number of aromatic hydroxyl groups is 1. The number of ether oxygens (including phenoxy) is 1. The monoisotopic (exact) mass is 236 g/mol. The van der Waals surface area contributed by atoms with Crippen molar-refractivity contribution in [3.05, 3.63) is 29.8 Å². The Labute approximate surface area is 102 Å². The van der Waals surface area contributed by atoms with Gasteiger partial charge in [-0.05, 0) is 24.6 Å². The van der Waals surface area contributed by atoms with E-state index in [2.05, 4.69) is 11.8 Å². The number of phenolic OH excluding ortho intramolecular Hbond substituents is 1. The van der Waals surface area contributed by atoms with Gasteiger partial charge in [-0.3, -0.25) is 4.90 Å². The summed E-state index contributed by atoms with van der Waals surface area (Å²) in [5.41, 5.74) is 6.77. The first-order valence-electron chi connectivity index (χ1n) is 6.03. The molecule has 0 aromatic heterocycles. The van der Waals surface area contributed by atoms with Crippen LogP contribution in [0, 0.1) is 0 Å². The molecule has 1 aromatic carbocycles. The van der Waals surface area contributed by atoms with Gasteiger partial charge in [-0.25, -0.2) is 0 Å². The van der Waals surface area contributed by atoms with Crippen molar-refractivity contribution < 1.29 is 9.84 Å². The van der Waals surface area contributed by atoms with Crippen molar-refractivity contribution in [3.8, 4) is 5.75 Å². The molecule has 1 aliphatic heterocycles. The molecule has 0 spiro atoms. The molecule has 2 atom stereocenters. The third-order valence-corrected chi connectivity index (χ3v) is 2.98. The van der Waals surface area contributed by atoms with Crippen LogP contribution < -0.4 is 5.73 Å². The van der Waals surface area contributed by atoms with E-state index in [0.717, 1.165) is 25.2 Å². The van der Waals surface area contributed by atoms with Crippen LogP contribution in [0.15, 0.2) is 24.3 Å². The molecular formula is C13H20N2O2. The molecule has 1 saturated heterocycles. The largest absolute Gasteiger partial charge is 0.508 e. The molecule has 1 heterocycles. The SMILES string of the molecule is CC1CN(Cc2cccc(O)c2)CC(CN)O1. The minimum atomic E-state index is 0.121. The molecule has 0 aliphatic carbocycles. The van der Waals surface area contributed by atoms with E-state index in [4.69, 9.17) is 10.5 Å². The fourth-order valence-electron chi connectivity index (χ4n) is 2.31. The molecule has 0 radical (unpaired) electrons. The van der Waals surface area contributed by atoms with Gasteiger partial charge >= 0.3 is 0 Å². The summed E-state index contributed by atoms with van der Waals surface area (Å²) in [5.74, 6) is 0.319. The van der Waals surface area contributed by atoms with Gasteiger partial charge in [0.05, 0.1) is 12.2 Å². The predicted molar refractivity (Wildman–Crippen MR) is 66.8 cm³/mol. The topological polar surface area (TPSA) is 58.7 Å². The maximum absolute atomic E-state index is 9.43. The Bertz CT molecular complexity index is 370. The van der Waals surface area contributed by atoms with Crippen LogP contribution >= 0.6 is 0 Å². The van der Waals surface area contributed by atoms with Crippen LogP contribution in [-0.4, -0.2) is 41.8 Å². The quantitative estimate of drug-likeness (QED) is 0.820. The third-order valence-electron chi connectivity index (χ3n) is 2.98. The maximum Gasteiger partial charge on any atom is 0.115 e. The Morgan fingerprint density at radius 2 is 2.29 bits per heavy atom. The van der Waals surface area contributed by atoms with Crippen molar-refractivity contribution in [2.24, 2.45) is 5.73 Å². The molecule has 4 nitrogen and oxygen atoms in total. The predicted octanol–water partition coefficient (Wildman–Crippen LogP) is 0.940. The van der Waals surface area contributed by atoms with Crippen LogP contribution in [0.25, 0.3) is 0 Å². The van der Waals surface area contributed by atoms with Gasteiger partial charge in [0.1, 0.15) is 5.75 Å². The summed E-state index contributed by atoms with van der Waals surface area (Å²) in [7, 11) is 0. The molecule has 1 aliphatic rings. The average Bonchev–Trinajstić information content (AvgIpc) is 2.28. The second-order valence-electron chi connectivity index (χ2n) is 4.67. The molecule has 2 rings (SSSR count). The molecule has 1 aromatic rings. The standard InChI is InChI=1S/C13H20N2O2/c1-10-7-15(9-13(6-14)17-10)8-11-3-2-4-12(16)5-11/h2-5,10,13,16H,6-9,14H2,1H3. The number of phenols is 1. The van der Waals surface area contributed by atoms with Gasteiger partial charge in [0.2, 0.25) is 0 Å². The second kappa shape index (κ2) is 5.49. The van der Waals surface area contributed by atoms with Crippen molar-refractivity contribution in [2.45, 2.75) is 25.7 Å². The normalized spacial score (nSPS) is 26.0. The van der Waals surface area contributed by atoms with Gasteiger partial charge in [0.25, 0.3) is 0 Å². The summed E-state index contributed by atoms with van der Waals surface area (Å²) in [5, 5.41) is 9.43. The lowest BCUT2D eigenvalue weighted by atomic mass is 10.1. The van der Waals surface area contributed by atoms with E-state index in [9.17, 15) is 5.11 Å². The van der Waals surface area contributed by atoms with Gasteiger partial charge in [-0.15, -0.1) is 0 Å². The molecule has 0 amide bonds. The molecule has 3 N–H and O–H groups in total. The van der Waals surface area contributed by atoms with E-state index in [1.165, 1.54) is 0 Å². The van der Waals surface area contributed by atoms with Crippen molar-refractivity contribution in [1.29, 1.82) is 0 Å². The smallest absolute Gasteiger partial charge is 0.115 e. The molecule has 1 fully saturated rings. The van der Waals surface area contributed by atoms with Crippen molar-refractivity contribution >= 4 is 0 Å². The molecule has 0 bridgehead atoms. The highest BCUT2D eigenvalue weighted by molar-refractivity contribution is 5.27. The fraction of sp³-hybridized carbons (Fsp3) is 0.538. The molecular weight excluding hydrogens is 216 g/mol. The van der Waals surface area contributed by atoms with Crippen molar-refractivity contribution in [3.63, 3.8) is 0 Å². The zero-order valence-corrected chi connectivity index (χ0v) is 10.2. The van der Waals surface area contributed by atoms with Crippen LogP contribution in [0.4, 0.5) is 0 Å². The second-order valence-corrected chi connectivity index (χ2v) is 4.67. The molecule has 17 heavy (non-hydrogen) atoms. The van der Waals surface area contributed by atoms with Crippen LogP contribution in [0.2, 0.25) is 0 Å². The molecule has 94 valence electrons. The number of nitrogens with zero attached hydrogens (tertiary/aromatic N) is 1. The molecule has 4 heteroatoms. The van der Waals surface area contributed by atoms with Gasteiger partial charge in [-0.2, -0.15) is 0 Å². The first-order valence-corrected chi connectivity index (χ1v) is 6.03. The van der Waals surface area contributed by atoms with E-state index in [-0.39, 0.29) is 12.2 Å². The summed E-state index contributed by atoms with van der Waals surface area (Å²) in [4.78, 5) is 2.32. The van der Waals surface area contributed by atoms with E-state index in [1.54, 1.807) is 12.1 Å². The Morgan fingerprint density at radius 1 is 1.47 bits per heavy atom. The maximum atomic E-state index is 9.43. The van der Waals surface area contributed by atoms with Gasteiger partial charge < -0.3 is 15.6 Å². The van der Waals surface area contributed by atoms with Crippen LogP contribution in [0.5, 0.6) is 5.75 Å². The highest BCUT2D eigenvalue weighted by Gasteiger charge is 2.24. The zero-order chi connectivity index (χ0) is 12.3. The first-order chi connectivity index (χ1) is 8.17. The van der Waals surface area contributed by atoms with Crippen LogP contribution in [0.1, 0.15) is 12.5 Å². The highest BCUT2D eigenvalue weighted by Crippen LogP contribution is 2.16. The summed E-state index contributed by atoms with van der Waals surface area (Å²) in [6, 6.07) is 7.39. The van der Waals surface area contributed by atoms with Gasteiger partial charge in [0.15, 0.2) is 0 Å². The van der Waals surface area contributed by atoms with Crippen LogP contribution in [0.3, 0.4) is 0 Å². The van der Waals surface area contributed by atoms with E-state index in [0.29, 0.717) is 12.3 Å². The van der Waals surface area contributed by atoms with E-state index < -0.39 is 0 Å². The third kappa shape index (κ3) is 3.43. The fourth-order valence-corrected chi connectivity index (χ4v) is 2.31. The molecule has 0 saturated carbocycles. The van der Waals surface area contributed by atoms with Crippen molar-refractivity contribution in [2.75, 3.05) is 19.6 Å². The van der Waals surface area contributed by atoms with Gasteiger partial charge in [-0.1, -0.05) is 12.1 Å². The first kappa shape index (κ1) is 12.4. The van der Waals surface area contributed by atoms with Crippen molar-refractivity contribution in [1.82, 2.24) is 4.90 Å². The van der Waals surface area contributed by atoms with E-state index >= 15 is 0 Å². The number of hydrogen-bond donors (Lipinski definition) is 2. The minimum Gasteiger partial charge on any atom is -0.508 e. The minimum absolute atomic E-state index is 0.121. The number of morpholine rings is 1. The number of rotatable bonds is 3. The Balaban J connectivity index is 1.98. The highest BCUT2D eigenvalue weighted by atomic mass is 16.5. The number of nitrogens with two attached hydrogens (primary N) is 1. The van der Waals surface area contributed by atoms with Gasteiger partial charge in [0, 0.05) is 26.2 Å². The number of benzene rings is 1. The summed E-state index contributed by atoms with van der Waals surface area (Å²) in [6.45, 7) is 5.22. The number of hydrogen-bond acceptors (Lipinski definition) is 4. The average molecular weight is 236 g/mol. The Kier molecular flexibility index (Phi) is 3.99. The lowest BCUT2D eigenvalue weighted by Gasteiger charge is -2.36.